The van der Waals surface area contributed by atoms with Crippen molar-refractivity contribution >= 4 is 17.2 Å². The number of nitrogens with one attached hydrogen (secondary N) is 2. The minimum absolute atomic E-state index is 0.0882. The molecule has 1 atom stereocenters. The van der Waals surface area contributed by atoms with Gasteiger partial charge in [0.15, 0.2) is 0 Å². The second-order valence-corrected chi connectivity index (χ2v) is 6.74. The molecule has 128 valence electrons. The molecule has 4 rings (SSSR count). The van der Waals surface area contributed by atoms with Crippen LogP contribution in [-0.2, 0) is 6.54 Å². The molecule has 0 saturated carbocycles. The molecule has 0 fully saturated rings. The molecule has 0 radical (unpaired) electrons. The second-order valence-electron chi connectivity index (χ2n) is 5.79. The average molecular weight is 354 g/mol. The van der Waals surface area contributed by atoms with Gasteiger partial charge >= 0.3 is 0 Å². The molecule has 3 aromatic rings. The van der Waals surface area contributed by atoms with Gasteiger partial charge in [-0.1, -0.05) is 18.2 Å². The number of carbonyl (C=O) groups excluding carboxylic acids is 1. The van der Waals surface area contributed by atoms with Crippen molar-refractivity contribution in [2.75, 3.05) is 13.7 Å². The third kappa shape index (κ3) is 3.16. The number of rotatable bonds is 5. The predicted molar refractivity (Wildman–Crippen MR) is 96.7 cm³/mol. The number of fused-ring (bicyclic) bond motifs is 1. The van der Waals surface area contributed by atoms with Crippen molar-refractivity contribution in [3.63, 3.8) is 0 Å². The number of nitrogens with zero attached hydrogens (tertiary/aromatic N) is 2. The first-order valence-corrected chi connectivity index (χ1v) is 8.90. The number of methoxy groups -OCH3 is 1. The lowest BCUT2D eigenvalue weighted by atomic mass is 10.2. The van der Waals surface area contributed by atoms with Gasteiger partial charge in [-0.05, 0) is 35.2 Å². The van der Waals surface area contributed by atoms with Crippen LogP contribution < -0.4 is 15.4 Å². The normalized spacial score (nSPS) is 16.4. The minimum Gasteiger partial charge on any atom is -0.497 e. The van der Waals surface area contributed by atoms with Crippen molar-refractivity contribution in [1.29, 1.82) is 0 Å². The van der Waals surface area contributed by atoms with Crippen LogP contribution in [0.3, 0.4) is 0 Å². The summed E-state index contributed by atoms with van der Waals surface area (Å²) >= 11 is 1.61. The minimum atomic E-state index is -0.0902. The third-order valence-electron chi connectivity index (χ3n) is 4.17. The lowest BCUT2D eigenvalue weighted by Gasteiger charge is -2.25. The van der Waals surface area contributed by atoms with Gasteiger partial charge in [0, 0.05) is 6.54 Å². The number of ether oxygens (including phenoxy) is 1. The number of benzene rings is 1. The summed E-state index contributed by atoms with van der Waals surface area (Å²) in [6.07, 6.45) is -0.0902. The fraction of sp³-hybridized carbons (Fsp3) is 0.222. The predicted octanol–water partition coefficient (Wildman–Crippen LogP) is 2.65. The number of hydrogen-bond donors (Lipinski definition) is 2. The molecule has 2 aromatic heterocycles. The van der Waals surface area contributed by atoms with Crippen LogP contribution in [0.5, 0.6) is 5.75 Å². The Morgan fingerprint density at radius 1 is 1.36 bits per heavy atom. The average Bonchev–Trinajstić information content (AvgIpc) is 3.31. The lowest BCUT2D eigenvalue weighted by molar-refractivity contribution is 0.0900. The lowest BCUT2D eigenvalue weighted by Crippen LogP contribution is -2.45. The molecule has 1 aliphatic heterocycles. The van der Waals surface area contributed by atoms with Crippen molar-refractivity contribution in [2.24, 2.45) is 0 Å². The van der Waals surface area contributed by atoms with Gasteiger partial charge < -0.3 is 10.1 Å². The monoisotopic (exact) mass is 354 g/mol. The van der Waals surface area contributed by atoms with E-state index < -0.39 is 0 Å². The first-order valence-electron chi connectivity index (χ1n) is 8.02. The molecule has 0 bridgehead atoms. The molecule has 1 aliphatic rings. The summed E-state index contributed by atoms with van der Waals surface area (Å²) in [5, 5.41) is 13.0. The van der Waals surface area contributed by atoms with E-state index in [0.717, 1.165) is 21.9 Å². The largest absolute Gasteiger partial charge is 0.497 e. The molecule has 0 spiro atoms. The Bertz CT molecular complexity index is 888. The quantitative estimate of drug-likeness (QED) is 0.739. The number of carbonyl (C=O) groups is 1. The Morgan fingerprint density at radius 3 is 3.08 bits per heavy atom. The second kappa shape index (κ2) is 6.70. The Hall–Kier alpha value is -2.64. The first-order chi connectivity index (χ1) is 12.2. The van der Waals surface area contributed by atoms with Crippen molar-refractivity contribution in [3.8, 4) is 16.3 Å². The van der Waals surface area contributed by atoms with E-state index in [4.69, 9.17) is 4.74 Å². The Morgan fingerprint density at radius 2 is 2.28 bits per heavy atom. The first kappa shape index (κ1) is 15.9. The van der Waals surface area contributed by atoms with Gasteiger partial charge in [0.05, 0.1) is 18.5 Å². The fourth-order valence-corrected chi connectivity index (χ4v) is 3.57. The van der Waals surface area contributed by atoms with Gasteiger partial charge in [-0.3, -0.25) is 10.1 Å². The Balaban J connectivity index is 1.56. The standard InChI is InChI=1S/C18H18N4O2S/c1-24-13-5-2-4-12(8-13)10-19-17-11-20-18(23)15-9-14(21-22(15)17)16-6-3-7-25-16/h2-9,17,19H,10-11H2,1H3,(H,20,23)/t17-/m0/s1. The highest BCUT2D eigenvalue weighted by atomic mass is 32.1. The van der Waals surface area contributed by atoms with Gasteiger partial charge in [0.1, 0.15) is 23.3 Å². The third-order valence-corrected chi connectivity index (χ3v) is 5.06. The molecule has 0 aliphatic carbocycles. The van der Waals surface area contributed by atoms with Gasteiger partial charge in [-0.2, -0.15) is 5.10 Å². The van der Waals surface area contributed by atoms with E-state index in [1.165, 1.54) is 0 Å². The molecule has 0 saturated heterocycles. The summed E-state index contributed by atoms with van der Waals surface area (Å²) in [6.45, 7) is 1.16. The van der Waals surface area contributed by atoms with Crippen LogP contribution in [0.25, 0.3) is 10.6 Å². The summed E-state index contributed by atoms with van der Waals surface area (Å²) in [4.78, 5) is 13.2. The van der Waals surface area contributed by atoms with Crippen LogP contribution >= 0.6 is 11.3 Å². The molecule has 25 heavy (non-hydrogen) atoms. The zero-order valence-corrected chi connectivity index (χ0v) is 14.5. The van der Waals surface area contributed by atoms with Crippen molar-refractivity contribution in [1.82, 2.24) is 20.4 Å². The highest BCUT2D eigenvalue weighted by Gasteiger charge is 2.27. The topological polar surface area (TPSA) is 68.2 Å². The van der Waals surface area contributed by atoms with Crippen molar-refractivity contribution in [2.45, 2.75) is 12.7 Å². The summed E-state index contributed by atoms with van der Waals surface area (Å²) in [5.74, 6) is 0.741. The SMILES string of the molecule is COc1cccc(CN[C@@H]2CNC(=O)c3cc(-c4cccs4)nn32)c1. The van der Waals surface area contributed by atoms with Crippen LogP contribution in [0.15, 0.2) is 47.8 Å². The number of hydrogen-bond acceptors (Lipinski definition) is 5. The molecular weight excluding hydrogens is 336 g/mol. The maximum absolute atomic E-state index is 12.2. The summed E-state index contributed by atoms with van der Waals surface area (Å²) in [6, 6.07) is 13.8. The zero-order chi connectivity index (χ0) is 17.2. The summed E-state index contributed by atoms with van der Waals surface area (Å²) < 4.78 is 7.05. The van der Waals surface area contributed by atoms with Crippen LogP contribution in [0.1, 0.15) is 22.2 Å². The molecule has 3 heterocycles. The molecule has 1 amide bonds. The van der Waals surface area contributed by atoms with Gasteiger partial charge in [-0.15, -0.1) is 11.3 Å². The molecule has 7 heteroatoms. The summed E-state index contributed by atoms with van der Waals surface area (Å²) in [5.41, 5.74) is 2.52. The molecule has 0 unspecified atom stereocenters. The highest BCUT2D eigenvalue weighted by Crippen LogP contribution is 2.26. The van der Waals surface area contributed by atoms with E-state index >= 15 is 0 Å². The van der Waals surface area contributed by atoms with E-state index in [2.05, 4.69) is 15.7 Å². The van der Waals surface area contributed by atoms with Gasteiger partial charge in [0.2, 0.25) is 0 Å². The molecule has 1 aromatic carbocycles. The number of thiophene rings is 1. The molecule has 6 nitrogen and oxygen atoms in total. The van der Waals surface area contributed by atoms with Crippen LogP contribution in [-0.4, -0.2) is 29.3 Å². The Kier molecular flexibility index (Phi) is 4.25. The van der Waals surface area contributed by atoms with Gasteiger partial charge in [-0.25, -0.2) is 4.68 Å². The Labute approximate surface area is 149 Å². The fourth-order valence-electron chi connectivity index (χ4n) is 2.89. The van der Waals surface area contributed by atoms with Crippen LogP contribution in [0, 0.1) is 0 Å². The molecule has 2 N–H and O–H groups in total. The van der Waals surface area contributed by atoms with E-state index in [9.17, 15) is 4.79 Å². The number of aromatic nitrogens is 2. The van der Waals surface area contributed by atoms with Crippen LogP contribution in [0.4, 0.5) is 0 Å². The van der Waals surface area contributed by atoms with Crippen molar-refractivity contribution < 1.29 is 9.53 Å². The summed E-state index contributed by atoms with van der Waals surface area (Å²) in [7, 11) is 1.66. The molecular formula is C18H18N4O2S. The van der Waals surface area contributed by atoms with E-state index in [1.807, 2.05) is 47.8 Å². The van der Waals surface area contributed by atoms with Gasteiger partial charge in [0.25, 0.3) is 5.91 Å². The number of amides is 1. The zero-order valence-electron chi connectivity index (χ0n) is 13.7. The van der Waals surface area contributed by atoms with E-state index in [-0.39, 0.29) is 12.1 Å². The maximum Gasteiger partial charge on any atom is 0.269 e. The van der Waals surface area contributed by atoms with Crippen molar-refractivity contribution in [3.05, 3.63) is 59.1 Å². The van der Waals surface area contributed by atoms with Crippen LogP contribution in [0.2, 0.25) is 0 Å². The smallest absolute Gasteiger partial charge is 0.269 e. The van der Waals surface area contributed by atoms with E-state index in [0.29, 0.717) is 18.8 Å². The maximum atomic E-state index is 12.2. The van der Waals surface area contributed by atoms with E-state index in [1.54, 1.807) is 23.1 Å². The highest BCUT2D eigenvalue weighted by molar-refractivity contribution is 7.13.